The first-order valence-corrected chi connectivity index (χ1v) is 6.33. The monoisotopic (exact) mass is 235 g/mol. The summed E-state index contributed by atoms with van der Waals surface area (Å²) in [6, 6.07) is 1.96. The average Bonchev–Trinajstić information content (AvgIpc) is 2.82. The first-order valence-electron chi connectivity index (χ1n) is 6.33. The van der Waals surface area contributed by atoms with Crippen LogP contribution in [0.25, 0.3) is 0 Å². The predicted molar refractivity (Wildman–Crippen MR) is 70.1 cm³/mol. The van der Waals surface area contributed by atoms with E-state index in [0.29, 0.717) is 6.10 Å². The Morgan fingerprint density at radius 1 is 1.47 bits per heavy atom. The van der Waals surface area contributed by atoms with Crippen molar-refractivity contribution in [2.75, 3.05) is 24.2 Å². The number of aryl methyl sites for hydroxylation is 1. The molecule has 1 heterocycles. The lowest BCUT2D eigenvalue weighted by Crippen LogP contribution is -2.16. The van der Waals surface area contributed by atoms with Gasteiger partial charge in [0.25, 0.3) is 0 Å². The quantitative estimate of drug-likeness (QED) is 0.769. The number of nitrogens with zero attached hydrogens (tertiary/aromatic N) is 1. The van der Waals surface area contributed by atoms with Gasteiger partial charge >= 0.3 is 0 Å². The summed E-state index contributed by atoms with van der Waals surface area (Å²) in [5.41, 5.74) is 7.50. The average molecular weight is 235 g/mol. The maximum atomic E-state index is 5.76. The van der Waals surface area contributed by atoms with Crippen LogP contribution in [0.15, 0.2) is 12.3 Å². The van der Waals surface area contributed by atoms with Crippen LogP contribution in [0.5, 0.6) is 0 Å². The lowest BCUT2D eigenvalue weighted by molar-refractivity contribution is 0.0658. The molecule has 1 aliphatic rings. The number of hydrogen-bond donors (Lipinski definition) is 2. The van der Waals surface area contributed by atoms with Gasteiger partial charge < -0.3 is 15.8 Å². The Hall–Kier alpha value is -1.29. The number of pyridine rings is 1. The summed E-state index contributed by atoms with van der Waals surface area (Å²) in [7, 11) is 0. The van der Waals surface area contributed by atoms with Gasteiger partial charge in [-0.25, -0.2) is 4.98 Å². The predicted octanol–water partition coefficient (Wildman–Crippen LogP) is 2.34. The highest BCUT2D eigenvalue weighted by Gasteiger charge is 2.14. The molecule has 2 rings (SSSR count). The van der Waals surface area contributed by atoms with Crippen LogP contribution in [0.4, 0.5) is 11.5 Å². The molecule has 0 amide bonds. The van der Waals surface area contributed by atoms with Gasteiger partial charge in [0.05, 0.1) is 24.6 Å². The van der Waals surface area contributed by atoms with E-state index >= 15 is 0 Å². The smallest absolute Gasteiger partial charge is 0.126 e. The third-order valence-electron chi connectivity index (χ3n) is 3.22. The number of nitrogen functional groups attached to an aromatic ring is 1. The number of anilines is 2. The van der Waals surface area contributed by atoms with Crippen molar-refractivity contribution in [3.8, 4) is 0 Å². The molecule has 0 aliphatic heterocycles. The van der Waals surface area contributed by atoms with E-state index in [2.05, 4.69) is 10.3 Å². The van der Waals surface area contributed by atoms with Gasteiger partial charge in [-0.2, -0.15) is 0 Å². The van der Waals surface area contributed by atoms with E-state index in [9.17, 15) is 0 Å². The maximum absolute atomic E-state index is 5.76. The SMILES string of the molecule is Cc1cc(NCCOC2CCCC2)ncc1N. The fourth-order valence-corrected chi connectivity index (χ4v) is 2.12. The minimum Gasteiger partial charge on any atom is -0.397 e. The fourth-order valence-electron chi connectivity index (χ4n) is 2.12. The molecule has 1 aromatic rings. The van der Waals surface area contributed by atoms with E-state index in [-0.39, 0.29) is 0 Å². The molecule has 0 aromatic carbocycles. The molecule has 1 aliphatic carbocycles. The van der Waals surface area contributed by atoms with Crippen LogP contribution in [0, 0.1) is 6.92 Å². The number of nitrogens with one attached hydrogen (secondary N) is 1. The Labute approximate surface area is 103 Å². The summed E-state index contributed by atoms with van der Waals surface area (Å²) in [4.78, 5) is 4.22. The number of hydrogen-bond acceptors (Lipinski definition) is 4. The first kappa shape index (κ1) is 12.2. The van der Waals surface area contributed by atoms with Crippen molar-refractivity contribution < 1.29 is 4.74 Å². The lowest BCUT2D eigenvalue weighted by Gasteiger charge is -2.12. The molecule has 1 fully saturated rings. The summed E-state index contributed by atoms with van der Waals surface area (Å²) in [5.74, 6) is 0.867. The molecule has 4 nitrogen and oxygen atoms in total. The third-order valence-corrected chi connectivity index (χ3v) is 3.22. The van der Waals surface area contributed by atoms with Crippen molar-refractivity contribution >= 4 is 11.5 Å². The zero-order valence-corrected chi connectivity index (χ0v) is 10.4. The van der Waals surface area contributed by atoms with Crippen LogP contribution in [0.1, 0.15) is 31.2 Å². The first-order chi connectivity index (χ1) is 8.25. The highest BCUT2D eigenvalue weighted by atomic mass is 16.5. The fraction of sp³-hybridized carbons (Fsp3) is 0.615. The van der Waals surface area contributed by atoms with Crippen molar-refractivity contribution in [3.05, 3.63) is 17.8 Å². The molecule has 1 saturated carbocycles. The van der Waals surface area contributed by atoms with E-state index in [1.807, 2.05) is 13.0 Å². The molecule has 0 bridgehead atoms. The lowest BCUT2D eigenvalue weighted by atomic mass is 10.2. The van der Waals surface area contributed by atoms with Gasteiger partial charge in [-0.15, -0.1) is 0 Å². The number of ether oxygens (including phenoxy) is 1. The number of nitrogens with two attached hydrogens (primary N) is 1. The Kier molecular flexibility index (Phi) is 4.20. The van der Waals surface area contributed by atoms with E-state index in [1.165, 1.54) is 25.7 Å². The highest BCUT2D eigenvalue weighted by Crippen LogP contribution is 2.20. The Morgan fingerprint density at radius 2 is 2.24 bits per heavy atom. The van der Waals surface area contributed by atoms with Gasteiger partial charge in [0.1, 0.15) is 5.82 Å². The second-order valence-electron chi connectivity index (χ2n) is 4.63. The van der Waals surface area contributed by atoms with E-state index in [4.69, 9.17) is 10.5 Å². The Balaban J connectivity index is 1.68. The van der Waals surface area contributed by atoms with Crippen LogP contribution in [-0.4, -0.2) is 24.2 Å². The zero-order valence-electron chi connectivity index (χ0n) is 10.4. The van der Waals surface area contributed by atoms with Gasteiger partial charge in [0, 0.05) is 6.54 Å². The largest absolute Gasteiger partial charge is 0.397 e. The molecule has 94 valence electrons. The normalized spacial score (nSPS) is 16.3. The van der Waals surface area contributed by atoms with Gasteiger partial charge in [-0.3, -0.25) is 0 Å². The third kappa shape index (κ3) is 3.60. The van der Waals surface area contributed by atoms with Crippen molar-refractivity contribution in [1.82, 2.24) is 4.98 Å². The van der Waals surface area contributed by atoms with E-state index in [0.717, 1.165) is 30.2 Å². The van der Waals surface area contributed by atoms with Crippen LogP contribution < -0.4 is 11.1 Å². The standard InChI is InChI=1S/C13H21N3O/c1-10-8-13(16-9-12(10)14)15-6-7-17-11-4-2-3-5-11/h8-9,11H,2-7,14H2,1H3,(H,15,16). The van der Waals surface area contributed by atoms with Crippen molar-refractivity contribution in [2.45, 2.75) is 38.7 Å². The minimum atomic E-state index is 0.484. The molecule has 0 atom stereocenters. The molecule has 0 radical (unpaired) electrons. The molecule has 0 unspecified atom stereocenters. The molecule has 1 aromatic heterocycles. The molecular weight excluding hydrogens is 214 g/mol. The van der Waals surface area contributed by atoms with E-state index < -0.39 is 0 Å². The van der Waals surface area contributed by atoms with Gasteiger partial charge in [0.15, 0.2) is 0 Å². The van der Waals surface area contributed by atoms with Crippen LogP contribution >= 0.6 is 0 Å². The van der Waals surface area contributed by atoms with Crippen molar-refractivity contribution in [2.24, 2.45) is 0 Å². The summed E-state index contributed by atoms with van der Waals surface area (Å²) < 4.78 is 5.76. The highest BCUT2D eigenvalue weighted by molar-refractivity contribution is 5.50. The molecule has 4 heteroatoms. The Bertz CT molecular complexity index is 362. The second kappa shape index (κ2) is 5.87. The van der Waals surface area contributed by atoms with Gasteiger partial charge in [0.2, 0.25) is 0 Å². The van der Waals surface area contributed by atoms with Gasteiger partial charge in [-0.1, -0.05) is 12.8 Å². The summed E-state index contributed by atoms with van der Waals surface area (Å²) >= 11 is 0. The van der Waals surface area contributed by atoms with Crippen molar-refractivity contribution in [1.29, 1.82) is 0 Å². The molecule has 3 N–H and O–H groups in total. The van der Waals surface area contributed by atoms with Gasteiger partial charge in [-0.05, 0) is 31.4 Å². The van der Waals surface area contributed by atoms with E-state index in [1.54, 1.807) is 6.20 Å². The minimum absolute atomic E-state index is 0.484. The summed E-state index contributed by atoms with van der Waals surface area (Å²) in [6.45, 7) is 3.53. The van der Waals surface area contributed by atoms with Crippen molar-refractivity contribution in [3.63, 3.8) is 0 Å². The Morgan fingerprint density at radius 3 is 2.94 bits per heavy atom. The number of rotatable bonds is 5. The molecule has 0 saturated heterocycles. The topological polar surface area (TPSA) is 60.2 Å². The maximum Gasteiger partial charge on any atom is 0.126 e. The van der Waals surface area contributed by atoms with Crippen LogP contribution in [0.3, 0.4) is 0 Å². The molecule has 17 heavy (non-hydrogen) atoms. The summed E-state index contributed by atoms with van der Waals surface area (Å²) in [5, 5.41) is 3.24. The zero-order chi connectivity index (χ0) is 12.1. The molecule has 0 spiro atoms. The van der Waals surface area contributed by atoms with Crippen LogP contribution in [-0.2, 0) is 4.74 Å². The van der Waals surface area contributed by atoms with Crippen LogP contribution in [0.2, 0.25) is 0 Å². The second-order valence-corrected chi connectivity index (χ2v) is 4.63. The number of aromatic nitrogens is 1. The molecular formula is C13H21N3O. The summed E-state index contributed by atoms with van der Waals surface area (Å²) in [6.07, 6.45) is 7.25.